The number of aliphatic hydroxyl groups is 1. The molecule has 1 aliphatic rings. The lowest BCUT2D eigenvalue weighted by Crippen LogP contribution is -2.54. The van der Waals surface area contributed by atoms with E-state index in [0.717, 1.165) is 0 Å². The van der Waals surface area contributed by atoms with Gasteiger partial charge in [-0.15, -0.1) is 0 Å². The van der Waals surface area contributed by atoms with Crippen LogP contribution in [0.4, 0.5) is 0 Å². The van der Waals surface area contributed by atoms with Crippen molar-refractivity contribution >= 4 is 16.0 Å². The van der Waals surface area contributed by atoms with Crippen molar-refractivity contribution in [1.29, 1.82) is 0 Å². The first-order chi connectivity index (χ1) is 8.16. The number of methoxy groups -OCH3 is 1. The van der Waals surface area contributed by atoms with Crippen LogP contribution in [0.15, 0.2) is 0 Å². The third kappa shape index (κ3) is 3.91. The normalized spacial score (nSPS) is 22.4. The molecule has 0 spiro atoms. The van der Waals surface area contributed by atoms with Gasteiger partial charge in [-0.1, -0.05) is 0 Å². The smallest absolute Gasteiger partial charge is 0.338 e. The number of esters is 1. The molecule has 0 aromatic rings. The number of ether oxygens (including phenoxy) is 1. The molecule has 0 bridgehead atoms. The molecule has 0 saturated carbocycles. The van der Waals surface area contributed by atoms with Crippen LogP contribution in [0.3, 0.4) is 0 Å². The summed E-state index contributed by atoms with van der Waals surface area (Å²) in [7, 11) is -1.94. The Labute approximate surface area is 107 Å². The first-order valence-electron chi connectivity index (χ1n) is 5.65. The number of carbonyl (C=O) groups excluding carboxylic acids is 1. The van der Waals surface area contributed by atoms with E-state index in [1.807, 2.05) is 4.90 Å². The van der Waals surface area contributed by atoms with Crippen LogP contribution in [0.25, 0.3) is 0 Å². The molecule has 1 saturated heterocycles. The molecule has 18 heavy (non-hydrogen) atoms. The predicted molar refractivity (Wildman–Crippen MR) is 65.5 cm³/mol. The number of hydrogen-bond acceptors (Lipinski definition) is 6. The zero-order chi connectivity index (χ0) is 14.0. The lowest BCUT2D eigenvalue weighted by atomic mass is 10.1. The topological polar surface area (TPSA) is 87.2 Å². The van der Waals surface area contributed by atoms with Gasteiger partial charge in [0.15, 0.2) is 5.60 Å². The second-order valence-corrected chi connectivity index (χ2v) is 6.69. The van der Waals surface area contributed by atoms with Crippen LogP contribution in [-0.4, -0.2) is 80.4 Å². The molecule has 1 N–H and O–H groups in total. The van der Waals surface area contributed by atoms with Gasteiger partial charge in [0, 0.05) is 32.7 Å². The molecule has 1 aliphatic heterocycles. The average Bonchev–Trinajstić information content (AvgIpc) is 2.26. The van der Waals surface area contributed by atoms with Gasteiger partial charge in [0.2, 0.25) is 10.0 Å². The van der Waals surface area contributed by atoms with Gasteiger partial charge in [-0.2, -0.15) is 4.31 Å². The highest BCUT2D eigenvalue weighted by Gasteiger charge is 2.35. The highest BCUT2D eigenvalue weighted by molar-refractivity contribution is 7.88. The van der Waals surface area contributed by atoms with Crippen molar-refractivity contribution in [2.45, 2.75) is 12.5 Å². The lowest BCUT2D eigenvalue weighted by Gasteiger charge is -2.36. The van der Waals surface area contributed by atoms with E-state index in [4.69, 9.17) is 0 Å². The van der Waals surface area contributed by atoms with E-state index in [1.165, 1.54) is 24.6 Å². The van der Waals surface area contributed by atoms with Crippen LogP contribution in [0, 0.1) is 0 Å². The number of sulfonamides is 1. The molecule has 1 rings (SSSR count). The number of piperazine rings is 1. The first kappa shape index (κ1) is 15.4. The Morgan fingerprint density at radius 1 is 1.33 bits per heavy atom. The molecule has 1 atom stereocenters. The molecular weight excluding hydrogens is 260 g/mol. The van der Waals surface area contributed by atoms with Crippen molar-refractivity contribution in [2.75, 3.05) is 46.1 Å². The maximum atomic E-state index is 11.3. The summed E-state index contributed by atoms with van der Waals surface area (Å²) < 4.78 is 28.5. The zero-order valence-electron chi connectivity index (χ0n) is 10.9. The molecule has 1 unspecified atom stereocenters. The molecule has 106 valence electrons. The Morgan fingerprint density at radius 2 is 1.83 bits per heavy atom. The highest BCUT2D eigenvalue weighted by atomic mass is 32.2. The van der Waals surface area contributed by atoms with Crippen LogP contribution in [0.1, 0.15) is 6.92 Å². The van der Waals surface area contributed by atoms with Gasteiger partial charge < -0.3 is 9.84 Å². The van der Waals surface area contributed by atoms with Crippen molar-refractivity contribution in [1.82, 2.24) is 9.21 Å². The van der Waals surface area contributed by atoms with Gasteiger partial charge in [0.25, 0.3) is 0 Å². The van der Waals surface area contributed by atoms with Gasteiger partial charge in [0.1, 0.15) is 0 Å². The predicted octanol–water partition coefficient (Wildman–Crippen LogP) is -1.51. The van der Waals surface area contributed by atoms with E-state index in [2.05, 4.69) is 4.74 Å². The molecule has 1 fully saturated rings. The SMILES string of the molecule is COC(=O)C(C)(O)CN1CCN(S(C)(=O)=O)CC1. The summed E-state index contributed by atoms with van der Waals surface area (Å²) in [6.45, 7) is 3.24. The molecule has 0 radical (unpaired) electrons. The Hall–Kier alpha value is -0.700. The molecule has 1 heterocycles. The minimum atomic E-state index is -3.16. The molecule has 7 nitrogen and oxygen atoms in total. The summed E-state index contributed by atoms with van der Waals surface area (Å²) in [4.78, 5) is 13.2. The zero-order valence-corrected chi connectivity index (χ0v) is 11.7. The highest BCUT2D eigenvalue weighted by Crippen LogP contribution is 2.12. The third-order valence-corrected chi connectivity index (χ3v) is 4.26. The van der Waals surface area contributed by atoms with Crippen LogP contribution >= 0.6 is 0 Å². The third-order valence-electron chi connectivity index (χ3n) is 2.96. The Kier molecular flexibility index (Phi) is 4.71. The summed E-state index contributed by atoms with van der Waals surface area (Å²) in [5.41, 5.74) is -1.57. The van der Waals surface area contributed by atoms with Crippen molar-refractivity contribution in [3.05, 3.63) is 0 Å². The monoisotopic (exact) mass is 280 g/mol. The van der Waals surface area contributed by atoms with Crippen molar-refractivity contribution in [2.24, 2.45) is 0 Å². The van der Waals surface area contributed by atoms with E-state index in [0.29, 0.717) is 26.2 Å². The molecule has 0 amide bonds. The molecule has 0 aromatic heterocycles. The number of carbonyl (C=O) groups is 1. The van der Waals surface area contributed by atoms with E-state index >= 15 is 0 Å². The minimum absolute atomic E-state index is 0.136. The fraction of sp³-hybridized carbons (Fsp3) is 0.900. The summed E-state index contributed by atoms with van der Waals surface area (Å²) in [5, 5.41) is 9.91. The van der Waals surface area contributed by atoms with E-state index in [9.17, 15) is 18.3 Å². The molecule has 8 heteroatoms. The van der Waals surface area contributed by atoms with Crippen molar-refractivity contribution in [3.8, 4) is 0 Å². The van der Waals surface area contributed by atoms with Gasteiger partial charge in [-0.25, -0.2) is 13.2 Å². The number of hydrogen-bond donors (Lipinski definition) is 1. The second kappa shape index (κ2) is 5.52. The van der Waals surface area contributed by atoms with E-state index in [1.54, 1.807) is 0 Å². The standard InChI is InChI=1S/C10H20N2O5S/c1-10(14,9(13)17-2)8-11-4-6-12(7-5-11)18(3,15)16/h14H,4-8H2,1-3H3. The van der Waals surface area contributed by atoms with Crippen molar-refractivity contribution in [3.63, 3.8) is 0 Å². The van der Waals surface area contributed by atoms with E-state index in [-0.39, 0.29) is 6.54 Å². The average molecular weight is 280 g/mol. The number of rotatable bonds is 4. The number of nitrogens with zero attached hydrogens (tertiary/aromatic N) is 2. The molecular formula is C10H20N2O5S. The maximum Gasteiger partial charge on any atom is 0.338 e. The maximum absolute atomic E-state index is 11.3. The largest absolute Gasteiger partial charge is 0.467 e. The fourth-order valence-corrected chi connectivity index (χ4v) is 2.77. The van der Waals surface area contributed by atoms with E-state index < -0.39 is 21.6 Å². The van der Waals surface area contributed by atoms with Crippen LogP contribution in [-0.2, 0) is 19.6 Å². The summed E-state index contributed by atoms with van der Waals surface area (Å²) in [5.74, 6) is -0.687. The second-order valence-electron chi connectivity index (χ2n) is 4.70. The first-order valence-corrected chi connectivity index (χ1v) is 7.50. The van der Waals surface area contributed by atoms with Crippen LogP contribution < -0.4 is 0 Å². The fourth-order valence-electron chi connectivity index (χ4n) is 1.94. The van der Waals surface area contributed by atoms with Gasteiger partial charge in [0.05, 0.1) is 13.4 Å². The Bertz CT molecular complexity index is 398. The van der Waals surface area contributed by atoms with Gasteiger partial charge in [-0.05, 0) is 6.92 Å². The number of β-amino-alcohol motifs (C(OH)–C–C–N with tert-alkyl or cyclic N) is 1. The Morgan fingerprint density at radius 3 is 2.22 bits per heavy atom. The van der Waals surface area contributed by atoms with Gasteiger partial charge in [-0.3, -0.25) is 4.90 Å². The summed E-state index contributed by atoms with van der Waals surface area (Å²) >= 11 is 0. The summed E-state index contributed by atoms with van der Waals surface area (Å²) in [6, 6.07) is 0. The Balaban J connectivity index is 2.52. The van der Waals surface area contributed by atoms with Gasteiger partial charge >= 0.3 is 5.97 Å². The van der Waals surface area contributed by atoms with Crippen molar-refractivity contribution < 1.29 is 23.1 Å². The quantitative estimate of drug-likeness (QED) is 0.630. The van der Waals surface area contributed by atoms with Crippen LogP contribution in [0.5, 0.6) is 0 Å². The lowest BCUT2D eigenvalue weighted by molar-refractivity contribution is -0.162. The van der Waals surface area contributed by atoms with Crippen LogP contribution in [0.2, 0.25) is 0 Å². The molecule has 0 aromatic carbocycles. The minimum Gasteiger partial charge on any atom is -0.467 e. The summed E-state index contributed by atoms with van der Waals surface area (Å²) in [6.07, 6.45) is 1.17. The molecule has 0 aliphatic carbocycles.